The SMILES string of the molecule is OCC(CO)c1noc(-c2cc(F)cc3c2-c2ccccc2[C@]3(O)C(F)(F)F)n1. The van der Waals surface area contributed by atoms with E-state index in [1.165, 1.54) is 18.2 Å². The number of hydrogen-bond acceptors (Lipinski definition) is 6. The van der Waals surface area contributed by atoms with E-state index in [9.17, 15) is 32.9 Å². The lowest BCUT2D eigenvalue weighted by atomic mass is 9.90. The van der Waals surface area contributed by atoms with E-state index in [-0.39, 0.29) is 28.4 Å². The predicted molar refractivity (Wildman–Crippen MR) is 91.1 cm³/mol. The number of aromatic nitrogens is 2. The summed E-state index contributed by atoms with van der Waals surface area (Å²) in [5.74, 6) is -2.28. The fraction of sp³-hybridized carbons (Fsp3) is 0.263. The molecule has 4 rings (SSSR count). The second-order valence-electron chi connectivity index (χ2n) is 6.65. The van der Waals surface area contributed by atoms with Gasteiger partial charge in [-0.15, -0.1) is 0 Å². The van der Waals surface area contributed by atoms with Crippen molar-refractivity contribution in [1.82, 2.24) is 10.1 Å². The third-order valence-corrected chi connectivity index (χ3v) is 4.97. The molecule has 3 N–H and O–H groups in total. The molecule has 2 aromatic carbocycles. The van der Waals surface area contributed by atoms with Crippen molar-refractivity contribution in [1.29, 1.82) is 0 Å². The van der Waals surface area contributed by atoms with Crippen molar-refractivity contribution in [3.63, 3.8) is 0 Å². The van der Waals surface area contributed by atoms with Crippen LogP contribution in [-0.2, 0) is 5.60 Å². The predicted octanol–water partition coefficient (Wildman–Crippen LogP) is 2.72. The van der Waals surface area contributed by atoms with Gasteiger partial charge in [0.1, 0.15) is 5.82 Å². The summed E-state index contributed by atoms with van der Waals surface area (Å²) >= 11 is 0. The Morgan fingerprint density at radius 3 is 2.38 bits per heavy atom. The van der Waals surface area contributed by atoms with Gasteiger partial charge in [0.05, 0.1) is 24.7 Å². The summed E-state index contributed by atoms with van der Waals surface area (Å²) in [6, 6.07) is 6.90. The summed E-state index contributed by atoms with van der Waals surface area (Å²) in [4.78, 5) is 4.00. The van der Waals surface area contributed by atoms with E-state index in [1.54, 1.807) is 0 Å². The average Bonchev–Trinajstić information content (AvgIpc) is 3.25. The van der Waals surface area contributed by atoms with Gasteiger partial charge in [-0.25, -0.2) is 4.39 Å². The summed E-state index contributed by atoms with van der Waals surface area (Å²) < 4.78 is 61.1. The van der Waals surface area contributed by atoms with Crippen molar-refractivity contribution >= 4 is 0 Å². The number of hydrogen-bond donors (Lipinski definition) is 3. The average molecular weight is 410 g/mol. The van der Waals surface area contributed by atoms with Gasteiger partial charge in [0, 0.05) is 16.7 Å². The van der Waals surface area contributed by atoms with Gasteiger partial charge in [-0.1, -0.05) is 29.4 Å². The van der Waals surface area contributed by atoms with Gasteiger partial charge in [0.25, 0.3) is 5.89 Å². The van der Waals surface area contributed by atoms with Crippen molar-refractivity contribution in [2.45, 2.75) is 17.7 Å². The van der Waals surface area contributed by atoms with Crippen LogP contribution in [0, 0.1) is 5.82 Å². The minimum absolute atomic E-state index is 0.0536. The maximum absolute atomic E-state index is 14.3. The Hall–Kier alpha value is -2.82. The number of benzene rings is 2. The van der Waals surface area contributed by atoms with Gasteiger partial charge in [-0.3, -0.25) is 0 Å². The van der Waals surface area contributed by atoms with Crippen molar-refractivity contribution in [2.24, 2.45) is 0 Å². The first-order valence-electron chi connectivity index (χ1n) is 8.51. The van der Waals surface area contributed by atoms with E-state index in [0.29, 0.717) is 6.07 Å². The summed E-state index contributed by atoms with van der Waals surface area (Å²) in [5, 5.41) is 32.8. The molecule has 0 radical (unpaired) electrons. The summed E-state index contributed by atoms with van der Waals surface area (Å²) in [7, 11) is 0. The number of alkyl halides is 3. The number of aliphatic hydroxyl groups excluding tert-OH is 2. The molecule has 1 aromatic heterocycles. The Balaban J connectivity index is 2.00. The molecule has 29 heavy (non-hydrogen) atoms. The molecule has 0 bridgehead atoms. The highest BCUT2D eigenvalue weighted by Crippen LogP contribution is 2.57. The van der Waals surface area contributed by atoms with Crippen LogP contribution in [0.25, 0.3) is 22.6 Å². The molecule has 6 nitrogen and oxygen atoms in total. The van der Waals surface area contributed by atoms with Gasteiger partial charge in [0.15, 0.2) is 5.82 Å². The number of halogens is 4. The van der Waals surface area contributed by atoms with Gasteiger partial charge in [0.2, 0.25) is 5.60 Å². The molecule has 0 amide bonds. The van der Waals surface area contributed by atoms with E-state index < -0.39 is 47.9 Å². The quantitative estimate of drug-likeness (QED) is 0.572. The number of nitrogens with zero attached hydrogens (tertiary/aromatic N) is 2. The molecule has 0 unspecified atom stereocenters. The Labute approximate surface area is 161 Å². The Morgan fingerprint density at radius 1 is 1.03 bits per heavy atom. The van der Waals surface area contributed by atoms with Crippen LogP contribution in [0.2, 0.25) is 0 Å². The third-order valence-electron chi connectivity index (χ3n) is 4.97. The van der Waals surface area contributed by atoms with E-state index in [4.69, 9.17) is 4.52 Å². The third kappa shape index (κ3) is 2.75. The van der Waals surface area contributed by atoms with Crippen molar-refractivity contribution in [3.05, 3.63) is 59.2 Å². The normalized spacial score (nSPS) is 18.2. The molecular formula is C19H14F4N2O4. The maximum atomic E-state index is 14.3. The van der Waals surface area contributed by atoms with Crippen LogP contribution in [-0.4, -0.2) is 44.9 Å². The maximum Gasteiger partial charge on any atom is 0.425 e. The molecule has 3 aromatic rings. The first kappa shape index (κ1) is 19.5. The molecule has 0 spiro atoms. The topological polar surface area (TPSA) is 99.6 Å². The van der Waals surface area contributed by atoms with Crippen LogP contribution in [0.3, 0.4) is 0 Å². The van der Waals surface area contributed by atoms with Gasteiger partial charge in [-0.05, 0) is 17.7 Å². The Morgan fingerprint density at radius 2 is 1.72 bits per heavy atom. The zero-order valence-electron chi connectivity index (χ0n) is 14.6. The zero-order valence-corrected chi connectivity index (χ0v) is 14.6. The van der Waals surface area contributed by atoms with Gasteiger partial charge < -0.3 is 19.8 Å². The largest absolute Gasteiger partial charge is 0.425 e. The fourth-order valence-corrected chi connectivity index (χ4v) is 3.55. The van der Waals surface area contributed by atoms with Crippen molar-refractivity contribution in [3.8, 4) is 22.6 Å². The Kier molecular flexibility index (Phi) is 4.45. The van der Waals surface area contributed by atoms with Crippen LogP contribution >= 0.6 is 0 Å². The van der Waals surface area contributed by atoms with Crippen molar-refractivity contribution < 1.29 is 37.4 Å². The van der Waals surface area contributed by atoms with Crippen LogP contribution in [0.4, 0.5) is 17.6 Å². The lowest BCUT2D eigenvalue weighted by Gasteiger charge is -2.28. The molecule has 0 aliphatic heterocycles. The smallest absolute Gasteiger partial charge is 0.396 e. The second kappa shape index (κ2) is 6.61. The molecule has 0 saturated carbocycles. The minimum Gasteiger partial charge on any atom is -0.396 e. The number of aliphatic hydroxyl groups is 3. The van der Waals surface area contributed by atoms with Gasteiger partial charge in [-0.2, -0.15) is 18.2 Å². The van der Waals surface area contributed by atoms with Gasteiger partial charge >= 0.3 is 6.18 Å². The van der Waals surface area contributed by atoms with Crippen molar-refractivity contribution in [2.75, 3.05) is 13.2 Å². The highest BCUT2D eigenvalue weighted by molar-refractivity contribution is 5.90. The summed E-state index contributed by atoms with van der Waals surface area (Å²) in [6.07, 6.45) is -5.11. The lowest BCUT2D eigenvalue weighted by molar-refractivity contribution is -0.246. The van der Waals surface area contributed by atoms with E-state index >= 15 is 0 Å². The minimum atomic E-state index is -5.11. The van der Waals surface area contributed by atoms with E-state index in [2.05, 4.69) is 10.1 Å². The molecule has 10 heteroatoms. The van der Waals surface area contributed by atoms with Crippen LogP contribution in [0.5, 0.6) is 0 Å². The Bertz CT molecular complexity index is 1080. The summed E-state index contributed by atoms with van der Waals surface area (Å²) in [5.41, 5.74) is -4.68. The molecule has 1 atom stereocenters. The highest BCUT2D eigenvalue weighted by Gasteiger charge is 2.61. The van der Waals surface area contributed by atoms with Crippen LogP contribution < -0.4 is 0 Å². The van der Waals surface area contributed by atoms with Crippen LogP contribution in [0.1, 0.15) is 22.9 Å². The molecule has 0 saturated heterocycles. The monoisotopic (exact) mass is 410 g/mol. The van der Waals surface area contributed by atoms with Crippen LogP contribution in [0.15, 0.2) is 40.9 Å². The molecule has 152 valence electrons. The fourth-order valence-electron chi connectivity index (χ4n) is 3.55. The highest BCUT2D eigenvalue weighted by atomic mass is 19.4. The zero-order chi connectivity index (χ0) is 21.0. The molecular weight excluding hydrogens is 396 g/mol. The molecule has 1 aliphatic carbocycles. The summed E-state index contributed by atoms with van der Waals surface area (Å²) in [6.45, 7) is -0.985. The lowest BCUT2D eigenvalue weighted by Crippen LogP contribution is -2.41. The second-order valence-corrected chi connectivity index (χ2v) is 6.65. The molecule has 0 fully saturated rings. The van der Waals surface area contributed by atoms with E-state index in [0.717, 1.165) is 12.1 Å². The molecule has 1 aliphatic rings. The first-order valence-corrected chi connectivity index (χ1v) is 8.51. The molecule has 1 heterocycles. The standard InChI is InChI=1S/C19H14F4N2O4/c20-10-5-12(17-24-16(25-29-17)9(7-26)8-27)15-11-3-1-2-4-13(11)18(28,14(15)6-10)19(21,22)23/h1-6,9,26-28H,7-8H2/t18-/m1/s1. The number of fused-ring (bicyclic) bond motifs is 3. The number of rotatable bonds is 4. The van der Waals surface area contributed by atoms with E-state index in [1.807, 2.05) is 0 Å². The first-order chi connectivity index (χ1) is 13.7.